The fourth-order valence-corrected chi connectivity index (χ4v) is 3.96. The second-order valence-corrected chi connectivity index (χ2v) is 7.94. The molecule has 3 heterocycles. The topological polar surface area (TPSA) is 110 Å². The molecule has 0 atom stereocenters. The predicted molar refractivity (Wildman–Crippen MR) is 122 cm³/mol. The van der Waals surface area contributed by atoms with E-state index in [1.165, 1.54) is 36.4 Å². The minimum Gasteiger partial charge on any atom is -0.390 e. The van der Waals surface area contributed by atoms with Crippen molar-refractivity contribution in [2.24, 2.45) is 0 Å². The summed E-state index contributed by atoms with van der Waals surface area (Å²) < 4.78 is 41.1. The molecule has 0 bridgehead atoms. The van der Waals surface area contributed by atoms with Crippen LogP contribution in [0, 0.1) is 17.5 Å². The Morgan fingerprint density at radius 3 is 2.49 bits per heavy atom. The molecule has 3 N–H and O–H groups in total. The lowest BCUT2D eigenvalue weighted by Crippen LogP contribution is -2.50. The highest BCUT2D eigenvalue weighted by Gasteiger charge is 2.26. The van der Waals surface area contributed by atoms with Crippen LogP contribution >= 0.6 is 0 Å². The maximum absolute atomic E-state index is 14.3. The zero-order valence-electron chi connectivity index (χ0n) is 18.3. The number of benzene rings is 2. The Bertz CT molecular complexity index is 1390. The van der Waals surface area contributed by atoms with Crippen molar-refractivity contribution in [2.75, 3.05) is 36.4 Å². The molecule has 2 aromatic heterocycles. The number of aliphatic hydroxyl groups excluding tert-OH is 1. The Hall–Kier alpha value is -4.19. The molecule has 180 valence electrons. The second-order valence-electron chi connectivity index (χ2n) is 7.94. The van der Waals surface area contributed by atoms with Gasteiger partial charge in [0.25, 0.3) is 0 Å². The van der Waals surface area contributed by atoms with Gasteiger partial charge in [-0.2, -0.15) is 5.10 Å². The molecule has 1 aliphatic heterocycles. The number of aliphatic hydroxyl groups is 1. The van der Waals surface area contributed by atoms with Crippen LogP contribution in [0.1, 0.15) is 5.69 Å². The molecule has 35 heavy (non-hydrogen) atoms. The van der Waals surface area contributed by atoms with Gasteiger partial charge >= 0.3 is 6.03 Å². The molecule has 1 saturated heterocycles. The minimum atomic E-state index is -1.04. The highest BCUT2D eigenvalue weighted by atomic mass is 19.2. The molecule has 2 amide bonds. The van der Waals surface area contributed by atoms with Crippen LogP contribution in [-0.4, -0.2) is 62.4 Å². The second kappa shape index (κ2) is 9.22. The molecule has 0 aliphatic carbocycles. The Balaban J connectivity index is 1.34. The van der Waals surface area contributed by atoms with Crippen molar-refractivity contribution in [1.82, 2.24) is 25.1 Å². The van der Waals surface area contributed by atoms with Crippen LogP contribution in [0.4, 0.5) is 29.5 Å². The monoisotopic (exact) mass is 483 g/mol. The van der Waals surface area contributed by atoms with Gasteiger partial charge in [-0.1, -0.05) is 6.07 Å². The first-order valence-corrected chi connectivity index (χ1v) is 10.8. The molecule has 12 heteroatoms. The van der Waals surface area contributed by atoms with Crippen molar-refractivity contribution in [3.8, 4) is 11.3 Å². The third-order valence-electron chi connectivity index (χ3n) is 5.77. The third kappa shape index (κ3) is 4.35. The van der Waals surface area contributed by atoms with Crippen LogP contribution in [0.5, 0.6) is 0 Å². The summed E-state index contributed by atoms with van der Waals surface area (Å²) in [5.41, 5.74) is 1.25. The van der Waals surface area contributed by atoms with E-state index in [-0.39, 0.29) is 40.0 Å². The van der Waals surface area contributed by atoms with Crippen LogP contribution in [0.25, 0.3) is 22.4 Å². The van der Waals surface area contributed by atoms with Gasteiger partial charge in [0.05, 0.1) is 12.3 Å². The lowest BCUT2D eigenvalue weighted by atomic mass is 10.1. The Morgan fingerprint density at radius 2 is 1.77 bits per heavy atom. The summed E-state index contributed by atoms with van der Waals surface area (Å²) in [7, 11) is 0. The van der Waals surface area contributed by atoms with Crippen molar-refractivity contribution in [1.29, 1.82) is 0 Å². The number of hydrogen-bond donors (Lipinski definition) is 3. The predicted octanol–water partition coefficient (Wildman–Crippen LogP) is 3.28. The van der Waals surface area contributed by atoms with Crippen molar-refractivity contribution in [3.63, 3.8) is 0 Å². The van der Waals surface area contributed by atoms with Gasteiger partial charge in [-0.25, -0.2) is 27.9 Å². The van der Waals surface area contributed by atoms with Crippen LogP contribution < -0.4 is 10.2 Å². The molecule has 0 unspecified atom stereocenters. The molecule has 0 spiro atoms. The van der Waals surface area contributed by atoms with E-state index < -0.39 is 18.2 Å². The van der Waals surface area contributed by atoms with E-state index in [2.05, 4.69) is 25.5 Å². The molecule has 5 rings (SSSR count). The number of aromatic amines is 1. The number of halogens is 3. The first-order valence-electron chi connectivity index (χ1n) is 10.8. The Morgan fingerprint density at radius 1 is 1.03 bits per heavy atom. The maximum atomic E-state index is 14.3. The molecular weight excluding hydrogens is 463 g/mol. The van der Waals surface area contributed by atoms with E-state index in [9.17, 15) is 23.1 Å². The lowest BCUT2D eigenvalue weighted by Gasteiger charge is -2.35. The minimum absolute atomic E-state index is 0.0424. The normalized spacial score (nSPS) is 13.9. The van der Waals surface area contributed by atoms with Gasteiger partial charge in [-0.3, -0.25) is 5.10 Å². The molecule has 4 aromatic rings. The number of aromatic nitrogens is 4. The number of rotatable bonds is 4. The first kappa shape index (κ1) is 22.6. The van der Waals surface area contributed by atoms with E-state index in [0.29, 0.717) is 37.7 Å². The third-order valence-corrected chi connectivity index (χ3v) is 5.77. The maximum Gasteiger partial charge on any atom is 0.321 e. The molecular formula is C23H20F3N7O2. The van der Waals surface area contributed by atoms with E-state index in [1.807, 2.05) is 4.90 Å². The molecule has 0 radical (unpaired) electrons. The lowest BCUT2D eigenvalue weighted by molar-refractivity contribution is 0.208. The number of hydrogen-bond acceptors (Lipinski definition) is 6. The highest BCUT2D eigenvalue weighted by Crippen LogP contribution is 2.30. The summed E-state index contributed by atoms with van der Waals surface area (Å²) in [5.74, 6) is -2.03. The molecule has 1 aliphatic rings. The van der Waals surface area contributed by atoms with E-state index in [0.717, 1.165) is 6.07 Å². The van der Waals surface area contributed by atoms with Crippen molar-refractivity contribution < 1.29 is 23.1 Å². The fraction of sp³-hybridized carbons (Fsp3) is 0.217. The van der Waals surface area contributed by atoms with Crippen LogP contribution in [-0.2, 0) is 6.61 Å². The van der Waals surface area contributed by atoms with E-state index in [1.54, 1.807) is 4.90 Å². The molecule has 2 aromatic carbocycles. The zero-order valence-corrected chi connectivity index (χ0v) is 18.3. The SMILES string of the molecule is O=C(Nc1ccc(F)cc1)N1CCN(c2nc3n[nH]c(-c4cccc(F)c4F)c3nc2CO)CC1. The van der Waals surface area contributed by atoms with E-state index in [4.69, 9.17) is 0 Å². The molecule has 0 saturated carbocycles. The van der Waals surface area contributed by atoms with Crippen molar-refractivity contribution in [2.45, 2.75) is 6.61 Å². The zero-order chi connectivity index (χ0) is 24.5. The Kier molecular flexibility index (Phi) is 5.95. The van der Waals surface area contributed by atoms with Gasteiger partial charge in [-0.05, 0) is 36.4 Å². The number of fused-ring (bicyclic) bond motifs is 1. The average Bonchev–Trinajstić information content (AvgIpc) is 3.29. The van der Waals surface area contributed by atoms with Crippen LogP contribution in [0.15, 0.2) is 42.5 Å². The average molecular weight is 483 g/mol. The van der Waals surface area contributed by atoms with Crippen molar-refractivity contribution >= 4 is 28.7 Å². The van der Waals surface area contributed by atoms with Gasteiger partial charge in [0.2, 0.25) is 5.65 Å². The van der Waals surface area contributed by atoms with Gasteiger partial charge in [0.15, 0.2) is 17.5 Å². The summed E-state index contributed by atoms with van der Waals surface area (Å²) in [6, 6.07) is 8.97. The standard InChI is InChI=1S/C23H20F3N7O2/c24-13-4-6-14(7-5-13)27-23(35)33-10-8-32(9-11-33)22-17(12-34)28-20-19(30-31-21(20)29-22)15-2-1-3-16(25)18(15)26/h1-7,34H,8-12H2,(H,27,35)(H,29,30,31). The number of carbonyl (C=O) groups is 1. The summed E-state index contributed by atoms with van der Waals surface area (Å²) >= 11 is 0. The fourth-order valence-electron chi connectivity index (χ4n) is 3.96. The highest BCUT2D eigenvalue weighted by molar-refractivity contribution is 5.90. The number of urea groups is 1. The summed E-state index contributed by atoms with van der Waals surface area (Å²) in [6.07, 6.45) is 0. The number of nitrogens with one attached hydrogen (secondary N) is 2. The number of anilines is 2. The summed E-state index contributed by atoms with van der Waals surface area (Å²) in [5, 5.41) is 19.4. The number of nitrogens with zero attached hydrogens (tertiary/aromatic N) is 5. The quantitative estimate of drug-likeness (QED) is 0.411. The number of piperazine rings is 1. The van der Waals surface area contributed by atoms with Gasteiger partial charge < -0.3 is 20.2 Å². The summed E-state index contributed by atoms with van der Waals surface area (Å²) in [4.78, 5) is 25.0. The van der Waals surface area contributed by atoms with Crippen molar-refractivity contribution in [3.05, 3.63) is 65.6 Å². The first-order chi connectivity index (χ1) is 16.9. The number of amides is 2. The van der Waals surface area contributed by atoms with Gasteiger partial charge in [0.1, 0.15) is 17.0 Å². The summed E-state index contributed by atoms with van der Waals surface area (Å²) in [6.45, 7) is 1.15. The van der Waals surface area contributed by atoms with E-state index >= 15 is 0 Å². The molecule has 1 fully saturated rings. The van der Waals surface area contributed by atoms with Crippen LogP contribution in [0.2, 0.25) is 0 Å². The number of H-pyrrole nitrogens is 1. The van der Waals surface area contributed by atoms with Crippen LogP contribution in [0.3, 0.4) is 0 Å². The van der Waals surface area contributed by atoms with Gasteiger partial charge in [0, 0.05) is 37.4 Å². The smallest absolute Gasteiger partial charge is 0.321 e. The molecule has 9 nitrogen and oxygen atoms in total. The Labute approximate surface area is 197 Å². The largest absolute Gasteiger partial charge is 0.390 e. The number of carbonyl (C=O) groups excluding carboxylic acids is 1. The van der Waals surface area contributed by atoms with Gasteiger partial charge in [-0.15, -0.1) is 0 Å².